The first kappa shape index (κ1) is 14.5. The van der Waals surface area contributed by atoms with Crippen molar-refractivity contribution in [1.29, 1.82) is 0 Å². The van der Waals surface area contributed by atoms with E-state index in [2.05, 4.69) is 42.0 Å². The van der Waals surface area contributed by atoms with Gasteiger partial charge >= 0.3 is 0 Å². The van der Waals surface area contributed by atoms with Gasteiger partial charge in [0.25, 0.3) is 0 Å². The molecule has 0 aliphatic heterocycles. The Hall–Kier alpha value is -0.540. The summed E-state index contributed by atoms with van der Waals surface area (Å²) in [6, 6.07) is 7.96. The van der Waals surface area contributed by atoms with Gasteiger partial charge in [-0.15, -0.1) is 0 Å². The van der Waals surface area contributed by atoms with Crippen LogP contribution < -0.4 is 10.1 Å². The third-order valence-electron chi connectivity index (χ3n) is 2.31. The van der Waals surface area contributed by atoms with E-state index in [0.717, 1.165) is 36.2 Å². The zero-order valence-corrected chi connectivity index (χ0v) is 12.5. The molecule has 0 saturated heterocycles. The van der Waals surface area contributed by atoms with Crippen LogP contribution in [0.4, 0.5) is 0 Å². The molecule has 1 N–H and O–H groups in total. The van der Waals surface area contributed by atoms with Gasteiger partial charge in [0, 0.05) is 10.0 Å². The lowest BCUT2D eigenvalue weighted by molar-refractivity contribution is 0.301. The molecule has 0 aliphatic rings. The minimum atomic E-state index is 0.215. The normalized spacial score (nSPS) is 11.5. The van der Waals surface area contributed by atoms with Crippen molar-refractivity contribution in [2.24, 2.45) is 0 Å². The van der Waals surface area contributed by atoms with Crippen LogP contribution in [0.25, 0.3) is 0 Å². The zero-order valence-electron chi connectivity index (χ0n) is 10.9. The average molecular weight is 300 g/mol. The summed E-state index contributed by atoms with van der Waals surface area (Å²) in [5.41, 5.74) is 0.215. The van der Waals surface area contributed by atoms with Gasteiger partial charge in [-0.3, -0.25) is 0 Å². The Bertz CT molecular complexity index is 316. The van der Waals surface area contributed by atoms with E-state index in [4.69, 9.17) is 4.74 Å². The van der Waals surface area contributed by atoms with Gasteiger partial charge in [0.05, 0.1) is 6.61 Å². The molecule has 0 heterocycles. The van der Waals surface area contributed by atoms with Crippen molar-refractivity contribution in [1.82, 2.24) is 5.32 Å². The van der Waals surface area contributed by atoms with Gasteiger partial charge in [-0.2, -0.15) is 0 Å². The van der Waals surface area contributed by atoms with Crippen molar-refractivity contribution in [2.45, 2.75) is 39.2 Å². The molecule has 0 aromatic heterocycles. The lowest BCUT2D eigenvalue weighted by atomic mass is 10.1. The molecular formula is C14H22BrNO. The van der Waals surface area contributed by atoms with Gasteiger partial charge < -0.3 is 10.1 Å². The molecular weight excluding hydrogens is 278 g/mol. The van der Waals surface area contributed by atoms with Crippen LogP contribution in [-0.4, -0.2) is 18.7 Å². The molecule has 0 spiro atoms. The molecule has 3 heteroatoms. The van der Waals surface area contributed by atoms with E-state index in [1.165, 1.54) is 0 Å². The number of hydrogen-bond donors (Lipinski definition) is 1. The van der Waals surface area contributed by atoms with Crippen molar-refractivity contribution in [3.63, 3.8) is 0 Å². The standard InChI is InChI=1S/C14H22BrNO/c1-14(2,3)16-10-4-5-11-17-13-8-6-12(15)7-9-13/h6-9,16H,4-5,10-11H2,1-3H3. The van der Waals surface area contributed by atoms with Crippen molar-refractivity contribution in [3.05, 3.63) is 28.7 Å². The first-order valence-corrected chi connectivity index (χ1v) is 6.90. The highest BCUT2D eigenvalue weighted by Crippen LogP contribution is 2.16. The predicted octanol–water partition coefficient (Wildman–Crippen LogP) is 4.00. The maximum atomic E-state index is 5.64. The summed E-state index contributed by atoms with van der Waals surface area (Å²) < 4.78 is 6.73. The number of nitrogens with one attached hydrogen (secondary N) is 1. The van der Waals surface area contributed by atoms with E-state index in [1.54, 1.807) is 0 Å². The molecule has 0 aliphatic carbocycles. The fraction of sp³-hybridized carbons (Fsp3) is 0.571. The molecule has 0 amide bonds. The van der Waals surface area contributed by atoms with E-state index in [1.807, 2.05) is 24.3 Å². The summed E-state index contributed by atoms with van der Waals surface area (Å²) in [7, 11) is 0. The van der Waals surface area contributed by atoms with Crippen LogP contribution in [0.15, 0.2) is 28.7 Å². The molecule has 0 atom stereocenters. The number of unbranched alkanes of at least 4 members (excludes halogenated alkanes) is 1. The number of hydrogen-bond acceptors (Lipinski definition) is 2. The fourth-order valence-corrected chi connectivity index (χ4v) is 1.68. The highest BCUT2D eigenvalue weighted by Gasteiger charge is 2.06. The van der Waals surface area contributed by atoms with E-state index >= 15 is 0 Å². The number of halogens is 1. The molecule has 1 rings (SSSR count). The SMILES string of the molecule is CC(C)(C)NCCCCOc1ccc(Br)cc1. The lowest BCUT2D eigenvalue weighted by Crippen LogP contribution is -2.36. The molecule has 0 saturated carbocycles. The fourth-order valence-electron chi connectivity index (χ4n) is 1.41. The third kappa shape index (κ3) is 7.40. The number of rotatable bonds is 6. The first-order chi connectivity index (χ1) is 7.97. The second-order valence-corrected chi connectivity index (χ2v) is 6.10. The molecule has 0 radical (unpaired) electrons. The quantitative estimate of drug-likeness (QED) is 0.802. The van der Waals surface area contributed by atoms with Crippen LogP contribution in [0.1, 0.15) is 33.6 Å². The minimum absolute atomic E-state index is 0.215. The molecule has 1 aromatic rings. The van der Waals surface area contributed by atoms with Crippen molar-refractivity contribution < 1.29 is 4.74 Å². The summed E-state index contributed by atoms with van der Waals surface area (Å²) in [4.78, 5) is 0. The highest BCUT2D eigenvalue weighted by atomic mass is 79.9. The molecule has 96 valence electrons. The average Bonchev–Trinajstić information content (AvgIpc) is 2.24. The maximum Gasteiger partial charge on any atom is 0.119 e. The maximum absolute atomic E-state index is 5.64. The second kappa shape index (κ2) is 7.02. The Kier molecular flexibility index (Phi) is 6.00. The van der Waals surface area contributed by atoms with Crippen LogP contribution in [0, 0.1) is 0 Å². The van der Waals surface area contributed by atoms with Crippen molar-refractivity contribution in [3.8, 4) is 5.75 Å². The number of ether oxygens (including phenoxy) is 1. The summed E-state index contributed by atoms with van der Waals surface area (Å²) >= 11 is 3.40. The third-order valence-corrected chi connectivity index (χ3v) is 2.84. The largest absolute Gasteiger partial charge is 0.494 e. The Morgan fingerprint density at radius 1 is 1.12 bits per heavy atom. The Balaban J connectivity index is 2.07. The molecule has 0 unspecified atom stereocenters. The molecule has 17 heavy (non-hydrogen) atoms. The van der Waals surface area contributed by atoms with E-state index in [9.17, 15) is 0 Å². The smallest absolute Gasteiger partial charge is 0.119 e. The number of benzene rings is 1. The van der Waals surface area contributed by atoms with Gasteiger partial charge in [0.1, 0.15) is 5.75 Å². The van der Waals surface area contributed by atoms with Crippen LogP contribution in [0.3, 0.4) is 0 Å². The van der Waals surface area contributed by atoms with Gasteiger partial charge in [0.15, 0.2) is 0 Å². The molecule has 2 nitrogen and oxygen atoms in total. The van der Waals surface area contributed by atoms with Gasteiger partial charge in [-0.1, -0.05) is 15.9 Å². The van der Waals surface area contributed by atoms with E-state index < -0.39 is 0 Å². The van der Waals surface area contributed by atoms with Gasteiger partial charge in [-0.25, -0.2) is 0 Å². The Labute approximate surface area is 113 Å². The van der Waals surface area contributed by atoms with Crippen LogP contribution in [0.2, 0.25) is 0 Å². The van der Waals surface area contributed by atoms with E-state index in [0.29, 0.717) is 0 Å². The molecule has 1 aromatic carbocycles. The summed E-state index contributed by atoms with van der Waals surface area (Å²) in [5, 5.41) is 3.47. The topological polar surface area (TPSA) is 21.3 Å². The van der Waals surface area contributed by atoms with E-state index in [-0.39, 0.29) is 5.54 Å². The zero-order chi connectivity index (χ0) is 12.7. The summed E-state index contributed by atoms with van der Waals surface area (Å²) in [6.07, 6.45) is 2.23. The summed E-state index contributed by atoms with van der Waals surface area (Å²) in [6.45, 7) is 8.39. The second-order valence-electron chi connectivity index (χ2n) is 5.19. The lowest BCUT2D eigenvalue weighted by Gasteiger charge is -2.20. The van der Waals surface area contributed by atoms with Gasteiger partial charge in [-0.05, 0) is 64.4 Å². The van der Waals surface area contributed by atoms with Gasteiger partial charge in [0.2, 0.25) is 0 Å². The Morgan fingerprint density at radius 3 is 2.35 bits per heavy atom. The Morgan fingerprint density at radius 2 is 1.76 bits per heavy atom. The summed E-state index contributed by atoms with van der Waals surface area (Å²) in [5.74, 6) is 0.942. The first-order valence-electron chi connectivity index (χ1n) is 6.11. The van der Waals surface area contributed by atoms with Crippen molar-refractivity contribution >= 4 is 15.9 Å². The van der Waals surface area contributed by atoms with Crippen LogP contribution in [0.5, 0.6) is 5.75 Å². The molecule has 0 fully saturated rings. The molecule has 0 bridgehead atoms. The van der Waals surface area contributed by atoms with Crippen LogP contribution in [-0.2, 0) is 0 Å². The van der Waals surface area contributed by atoms with Crippen LogP contribution >= 0.6 is 15.9 Å². The van der Waals surface area contributed by atoms with Crippen molar-refractivity contribution in [2.75, 3.05) is 13.2 Å². The predicted molar refractivity (Wildman–Crippen MR) is 76.6 cm³/mol. The highest BCUT2D eigenvalue weighted by molar-refractivity contribution is 9.10. The monoisotopic (exact) mass is 299 g/mol. The minimum Gasteiger partial charge on any atom is -0.494 e.